The predicted molar refractivity (Wildman–Crippen MR) is 81.0 cm³/mol. The highest BCUT2D eigenvalue weighted by Gasteiger charge is 2.14. The van der Waals surface area contributed by atoms with E-state index in [1.807, 2.05) is 19.1 Å². The third kappa shape index (κ3) is 2.80. The van der Waals surface area contributed by atoms with Crippen LogP contribution in [0.5, 0.6) is 17.4 Å². The van der Waals surface area contributed by atoms with Gasteiger partial charge in [-0.2, -0.15) is 4.98 Å². The van der Waals surface area contributed by atoms with Gasteiger partial charge in [0.2, 0.25) is 5.75 Å². The van der Waals surface area contributed by atoms with E-state index in [2.05, 4.69) is 15.0 Å². The second-order valence-electron chi connectivity index (χ2n) is 4.70. The lowest BCUT2D eigenvalue weighted by Crippen LogP contribution is -2.10. The molecule has 0 saturated carbocycles. The molecule has 22 heavy (non-hydrogen) atoms. The molecule has 3 rings (SSSR count). The fraction of sp³-hybridized carbons (Fsp3) is 0.0625. The van der Waals surface area contributed by atoms with Crippen LogP contribution in [0.15, 0.2) is 53.5 Å². The number of rotatable bonds is 3. The Bertz CT molecular complexity index is 860. The maximum absolute atomic E-state index is 11.8. The lowest BCUT2D eigenvalue weighted by molar-refractivity contribution is 0.391. The Hall–Kier alpha value is -3.15. The SMILES string of the molecule is Cc1cccc(Oc2nc(-c3ccccn3)[nH]c(=O)c2O)c1. The number of H-pyrrole nitrogens is 1. The third-order valence-corrected chi connectivity index (χ3v) is 2.97. The van der Waals surface area contributed by atoms with Crippen LogP contribution >= 0.6 is 0 Å². The van der Waals surface area contributed by atoms with E-state index in [9.17, 15) is 9.90 Å². The molecule has 2 aromatic heterocycles. The van der Waals surface area contributed by atoms with Crippen LogP contribution in [0.2, 0.25) is 0 Å². The zero-order chi connectivity index (χ0) is 15.5. The molecule has 0 bridgehead atoms. The Morgan fingerprint density at radius 2 is 2.05 bits per heavy atom. The van der Waals surface area contributed by atoms with Crippen molar-refractivity contribution in [2.45, 2.75) is 6.92 Å². The van der Waals surface area contributed by atoms with E-state index in [4.69, 9.17) is 4.74 Å². The Labute approximate surface area is 126 Å². The lowest BCUT2D eigenvalue weighted by atomic mass is 10.2. The van der Waals surface area contributed by atoms with E-state index in [0.717, 1.165) is 5.56 Å². The van der Waals surface area contributed by atoms with Crippen molar-refractivity contribution < 1.29 is 9.84 Å². The second-order valence-corrected chi connectivity index (χ2v) is 4.70. The van der Waals surface area contributed by atoms with Gasteiger partial charge in [0.15, 0.2) is 5.82 Å². The highest BCUT2D eigenvalue weighted by atomic mass is 16.5. The Balaban J connectivity index is 2.04. The van der Waals surface area contributed by atoms with Gasteiger partial charge in [-0.1, -0.05) is 18.2 Å². The Morgan fingerprint density at radius 3 is 2.77 bits per heavy atom. The normalized spacial score (nSPS) is 10.4. The molecule has 3 aromatic rings. The topological polar surface area (TPSA) is 88.1 Å². The summed E-state index contributed by atoms with van der Waals surface area (Å²) in [4.78, 5) is 22.6. The highest BCUT2D eigenvalue weighted by molar-refractivity contribution is 5.51. The average Bonchev–Trinajstić information content (AvgIpc) is 2.52. The van der Waals surface area contributed by atoms with Gasteiger partial charge in [-0.25, -0.2) is 0 Å². The maximum atomic E-state index is 11.8. The largest absolute Gasteiger partial charge is 0.499 e. The molecule has 110 valence electrons. The van der Waals surface area contributed by atoms with E-state index < -0.39 is 11.3 Å². The van der Waals surface area contributed by atoms with E-state index >= 15 is 0 Å². The van der Waals surface area contributed by atoms with Crippen LogP contribution in [-0.2, 0) is 0 Å². The van der Waals surface area contributed by atoms with Crippen molar-refractivity contribution in [2.75, 3.05) is 0 Å². The third-order valence-electron chi connectivity index (χ3n) is 2.97. The van der Waals surface area contributed by atoms with Crippen LogP contribution in [0.3, 0.4) is 0 Å². The predicted octanol–water partition coefficient (Wildman–Crippen LogP) is 2.64. The van der Waals surface area contributed by atoms with Crippen LogP contribution in [-0.4, -0.2) is 20.1 Å². The molecule has 0 aliphatic rings. The number of aryl methyl sites for hydroxylation is 1. The van der Waals surface area contributed by atoms with Gasteiger partial charge in [-0.3, -0.25) is 9.78 Å². The maximum Gasteiger partial charge on any atom is 0.297 e. The van der Waals surface area contributed by atoms with Crippen LogP contribution < -0.4 is 10.3 Å². The van der Waals surface area contributed by atoms with Crippen LogP contribution in [0.1, 0.15) is 5.56 Å². The number of nitrogens with zero attached hydrogens (tertiary/aromatic N) is 2. The van der Waals surface area contributed by atoms with E-state index in [-0.39, 0.29) is 11.7 Å². The molecule has 0 fully saturated rings. The second kappa shape index (κ2) is 5.69. The summed E-state index contributed by atoms with van der Waals surface area (Å²) in [5, 5.41) is 9.85. The number of ether oxygens (including phenoxy) is 1. The summed E-state index contributed by atoms with van der Waals surface area (Å²) in [5.41, 5.74) is 0.791. The van der Waals surface area contributed by atoms with Crippen LogP contribution in [0, 0.1) is 6.92 Å². The monoisotopic (exact) mass is 295 g/mol. The summed E-state index contributed by atoms with van der Waals surface area (Å²) < 4.78 is 5.52. The average molecular weight is 295 g/mol. The quantitative estimate of drug-likeness (QED) is 0.775. The minimum absolute atomic E-state index is 0.157. The molecule has 0 spiro atoms. The molecule has 0 aliphatic carbocycles. The molecule has 0 aliphatic heterocycles. The number of pyridine rings is 1. The van der Waals surface area contributed by atoms with E-state index in [1.54, 1.807) is 36.5 Å². The van der Waals surface area contributed by atoms with Gasteiger partial charge >= 0.3 is 0 Å². The summed E-state index contributed by atoms with van der Waals surface area (Å²) in [6.45, 7) is 1.91. The molecule has 2 heterocycles. The first-order valence-corrected chi connectivity index (χ1v) is 6.63. The summed E-state index contributed by atoms with van der Waals surface area (Å²) in [5.74, 6) is -0.0115. The summed E-state index contributed by atoms with van der Waals surface area (Å²) in [7, 11) is 0. The van der Waals surface area contributed by atoms with Crippen LogP contribution in [0.4, 0.5) is 0 Å². The van der Waals surface area contributed by atoms with Gasteiger partial charge in [0.25, 0.3) is 11.4 Å². The number of nitrogens with one attached hydrogen (secondary N) is 1. The number of aromatic amines is 1. The number of hydrogen-bond acceptors (Lipinski definition) is 5. The molecule has 0 amide bonds. The molecule has 2 N–H and O–H groups in total. The van der Waals surface area contributed by atoms with E-state index in [1.165, 1.54) is 0 Å². The van der Waals surface area contributed by atoms with Gasteiger partial charge in [0.05, 0.1) is 0 Å². The minimum Gasteiger partial charge on any atom is -0.499 e. The zero-order valence-corrected chi connectivity index (χ0v) is 11.8. The molecule has 0 saturated heterocycles. The van der Waals surface area contributed by atoms with Gasteiger partial charge in [0, 0.05) is 6.20 Å². The molecular weight excluding hydrogens is 282 g/mol. The lowest BCUT2D eigenvalue weighted by Gasteiger charge is -2.08. The first-order valence-electron chi connectivity index (χ1n) is 6.63. The molecule has 6 heteroatoms. The molecule has 0 radical (unpaired) electrons. The zero-order valence-electron chi connectivity index (χ0n) is 11.8. The van der Waals surface area contributed by atoms with E-state index in [0.29, 0.717) is 11.4 Å². The van der Waals surface area contributed by atoms with Crippen molar-refractivity contribution in [3.8, 4) is 28.9 Å². The number of benzene rings is 1. The van der Waals surface area contributed by atoms with Crippen molar-refractivity contribution >= 4 is 0 Å². The first-order chi connectivity index (χ1) is 10.6. The van der Waals surface area contributed by atoms with Gasteiger partial charge in [0.1, 0.15) is 11.4 Å². The van der Waals surface area contributed by atoms with Crippen molar-refractivity contribution in [1.29, 1.82) is 0 Å². The Kier molecular flexibility index (Phi) is 3.57. The number of hydrogen-bond donors (Lipinski definition) is 2. The highest BCUT2D eigenvalue weighted by Crippen LogP contribution is 2.27. The first kappa shape index (κ1) is 13.8. The summed E-state index contributed by atoms with van der Waals surface area (Å²) in [6, 6.07) is 12.5. The van der Waals surface area contributed by atoms with Crippen molar-refractivity contribution in [3.05, 3.63) is 64.6 Å². The summed E-state index contributed by atoms with van der Waals surface area (Å²) >= 11 is 0. The van der Waals surface area contributed by atoms with Crippen LogP contribution in [0.25, 0.3) is 11.5 Å². The fourth-order valence-corrected chi connectivity index (χ4v) is 1.93. The molecule has 6 nitrogen and oxygen atoms in total. The smallest absolute Gasteiger partial charge is 0.297 e. The molecular formula is C16H13N3O3. The van der Waals surface area contributed by atoms with Gasteiger partial charge in [-0.15, -0.1) is 0 Å². The molecule has 0 atom stereocenters. The minimum atomic E-state index is -0.682. The summed E-state index contributed by atoms with van der Waals surface area (Å²) in [6.07, 6.45) is 1.59. The van der Waals surface area contributed by atoms with Crippen molar-refractivity contribution in [3.63, 3.8) is 0 Å². The van der Waals surface area contributed by atoms with Crippen molar-refractivity contribution in [2.24, 2.45) is 0 Å². The molecule has 1 aromatic carbocycles. The van der Waals surface area contributed by atoms with Crippen molar-refractivity contribution in [1.82, 2.24) is 15.0 Å². The van der Waals surface area contributed by atoms with Gasteiger partial charge < -0.3 is 14.8 Å². The van der Waals surface area contributed by atoms with Gasteiger partial charge in [-0.05, 0) is 36.8 Å². The fourth-order valence-electron chi connectivity index (χ4n) is 1.93. The number of aromatic nitrogens is 3. The Morgan fingerprint density at radius 1 is 1.18 bits per heavy atom. The standard InChI is InChI=1S/C16H13N3O3/c1-10-5-4-6-11(9-10)22-16-13(20)15(21)18-14(19-16)12-7-2-3-8-17-12/h2-9,20H,1H3,(H,18,19,21). The molecule has 0 unspecified atom stereocenters. The number of aromatic hydroxyl groups is 1.